The normalized spacial score (nSPS) is 13.5. The standard InChI is InChI=1S/C24H52N2O10S4Si2/c1-25(23(39)35-21(19-37)17-33-13-9-15-41(27-3,28-4)29-5)11-12-26(2)24(40)36-22(20-38)18-34-14-10-16-42(30-6,31-7)32-8/h21-22,37-38H,9-20H2,1-8H3. The molecule has 0 aromatic rings. The van der Waals surface area contributed by atoms with Crippen molar-refractivity contribution in [1.82, 2.24) is 9.80 Å². The monoisotopic (exact) mass is 712 g/mol. The first kappa shape index (κ1) is 42.2. The summed E-state index contributed by atoms with van der Waals surface area (Å²) < 4.78 is 55.9. The molecule has 0 aliphatic rings. The highest BCUT2D eigenvalue weighted by molar-refractivity contribution is 7.80. The van der Waals surface area contributed by atoms with Crippen LogP contribution in [0.25, 0.3) is 0 Å². The fourth-order valence-electron chi connectivity index (χ4n) is 3.52. The van der Waals surface area contributed by atoms with Crippen LogP contribution in [0.5, 0.6) is 0 Å². The van der Waals surface area contributed by atoms with Gasteiger partial charge in [0, 0.05) is 107 Å². The molecule has 18 heteroatoms. The van der Waals surface area contributed by atoms with Gasteiger partial charge < -0.3 is 55.3 Å². The molecule has 0 radical (unpaired) electrons. The fraction of sp³-hybridized carbons (Fsp3) is 0.917. The number of nitrogens with zero attached hydrogens (tertiary/aromatic N) is 2. The second kappa shape index (κ2) is 24.4. The number of ether oxygens (including phenoxy) is 4. The zero-order valence-electron chi connectivity index (χ0n) is 26.3. The van der Waals surface area contributed by atoms with E-state index in [1.807, 2.05) is 23.9 Å². The van der Waals surface area contributed by atoms with Gasteiger partial charge in [0.2, 0.25) is 0 Å². The number of likely N-dealkylation sites (N-methyl/N-ethyl adjacent to an activating group) is 2. The van der Waals surface area contributed by atoms with Gasteiger partial charge in [-0.2, -0.15) is 25.3 Å². The predicted octanol–water partition coefficient (Wildman–Crippen LogP) is 2.62. The van der Waals surface area contributed by atoms with Crippen LogP contribution in [0, 0.1) is 0 Å². The molecule has 12 nitrogen and oxygen atoms in total. The molecule has 0 amide bonds. The Balaban J connectivity index is 4.39. The third-order valence-corrected chi connectivity index (χ3v) is 13.6. The molecule has 0 saturated heterocycles. The summed E-state index contributed by atoms with van der Waals surface area (Å²) in [7, 11) is 8.10. The van der Waals surface area contributed by atoms with Crippen molar-refractivity contribution in [3.63, 3.8) is 0 Å². The molecular formula is C24H52N2O10S4Si2. The Morgan fingerprint density at radius 1 is 0.619 bits per heavy atom. The minimum absolute atomic E-state index is 0.284. The van der Waals surface area contributed by atoms with E-state index in [2.05, 4.69) is 25.3 Å². The first-order chi connectivity index (χ1) is 20.0. The van der Waals surface area contributed by atoms with Gasteiger partial charge in [-0.05, 0) is 37.3 Å². The third-order valence-electron chi connectivity index (χ3n) is 6.35. The molecule has 0 bridgehead atoms. The molecule has 0 saturated carbocycles. The predicted molar refractivity (Wildman–Crippen MR) is 182 cm³/mol. The van der Waals surface area contributed by atoms with E-state index in [1.54, 1.807) is 42.7 Å². The van der Waals surface area contributed by atoms with Gasteiger partial charge >= 0.3 is 17.6 Å². The SMILES string of the molecule is CO[Si](CCCOCC(CS)OC(=S)N(C)CCN(C)C(=S)OC(CS)COCCC[Si](OC)(OC)OC)(OC)OC. The molecular weight excluding hydrogens is 661 g/mol. The lowest BCUT2D eigenvalue weighted by molar-refractivity contribution is 0.0446. The van der Waals surface area contributed by atoms with Gasteiger partial charge in [0.1, 0.15) is 12.2 Å². The van der Waals surface area contributed by atoms with E-state index in [1.165, 1.54) is 0 Å². The Labute approximate surface area is 276 Å². The summed E-state index contributed by atoms with van der Waals surface area (Å²) >= 11 is 19.7. The lowest BCUT2D eigenvalue weighted by atomic mass is 10.4. The zero-order chi connectivity index (χ0) is 32.0. The van der Waals surface area contributed by atoms with Crippen LogP contribution in [0.1, 0.15) is 12.8 Å². The summed E-state index contributed by atoms with van der Waals surface area (Å²) in [4.78, 5) is 3.67. The molecule has 0 aromatic heterocycles. The molecule has 0 spiro atoms. The van der Waals surface area contributed by atoms with E-state index in [-0.39, 0.29) is 12.2 Å². The van der Waals surface area contributed by atoms with Gasteiger partial charge in [-0.25, -0.2) is 0 Å². The third kappa shape index (κ3) is 16.5. The highest BCUT2D eigenvalue weighted by Crippen LogP contribution is 2.16. The molecule has 42 heavy (non-hydrogen) atoms. The number of thiocarbonyl (C=S) groups is 2. The molecule has 0 heterocycles. The van der Waals surface area contributed by atoms with E-state index in [4.69, 9.17) is 69.9 Å². The number of hydrogen-bond donors (Lipinski definition) is 2. The largest absolute Gasteiger partial charge is 0.500 e. The number of thiol groups is 2. The van der Waals surface area contributed by atoms with Crippen LogP contribution in [0.2, 0.25) is 12.1 Å². The first-order valence-corrected chi connectivity index (χ1v) is 19.5. The maximum atomic E-state index is 5.91. The molecule has 0 rings (SSSR count). The highest BCUT2D eigenvalue weighted by atomic mass is 32.1. The Bertz CT molecular complexity index is 656. The average Bonchev–Trinajstić information content (AvgIpc) is 3.02. The summed E-state index contributed by atoms with van der Waals surface area (Å²) in [6, 6.07) is 1.32. The summed E-state index contributed by atoms with van der Waals surface area (Å²) in [5, 5.41) is 0.707. The smallest absolute Gasteiger partial charge is 0.464 e. The topological polar surface area (TPSA) is 98.8 Å². The summed E-state index contributed by atoms with van der Waals surface area (Å²) in [6.45, 7) is 2.89. The van der Waals surface area contributed by atoms with Gasteiger partial charge in [-0.3, -0.25) is 0 Å². The summed E-state index contributed by atoms with van der Waals surface area (Å²) in [5.41, 5.74) is 0. The Kier molecular flexibility index (Phi) is 24.5. The van der Waals surface area contributed by atoms with Gasteiger partial charge in [0.25, 0.3) is 10.3 Å². The minimum atomic E-state index is -2.60. The Hall–Kier alpha value is 0.194. The zero-order valence-corrected chi connectivity index (χ0v) is 31.7. The van der Waals surface area contributed by atoms with Crippen molar-refractivity contribution in [1.29, 1.82) is 0 Å². The molecule has 2 atom stereocenters. The van der Waals surface area contributed by atoms with Gasteiger partial charge in [0.05, 0.1) is 13.2 Å². The Morgan fingerprint density at radius 3 is 1.19 bits per heavy atom. The van der Waals surface area contributed by atoms with Gasteiger partial charge in [0.15, 0.2) is 0 Å². The van der Waals surface area contributed by atoms with Crippen molar-refractivity contribution in [3.05, 3.63) is 0 Å². The maximum Gasteiger partial charge on any atom is 0.500 e. The molecule has 2 unspecified atom stereocenters. The molecule has 0 aromatic carbocycles. The molecule has 0 aliphatic carbocycles. The van der Waals surface area contributed by atoms with Gasteiger partial charge in [-0.1, -0.05) is 0 Å². The van der Waals surface area contributed by atoms with Crippen LogP contribution in [0.3, 0.4) is 0 Å². The van der Waals surface area contributed by atoms with Crippen molar-refractivity contribution < 1.29 is 45.5 Å². The van der Waals surface area contributed by atoms with Crippen LogP contribution in [-0.4, -0.2) is 158 Å². The van der Waals surface area contributed by atoms with Crippen molar-refractivity contribution in [2.75, 3.05) is 108 Å². The second-order valence-corrected chi connectivity index (χ2v) is 16.8. The molecule has 250 valence electrons. The van der Waals surface area contributed by atoms with E-state index in [9.17, 15) is 0 Å². The lowest BCUT2D eigenvalue weighted by Crippen LogP contribution is -2.43. The van der Waals surface area contributed by atoms with Crippen LogP contribution < -0.4 is 0 Å². The minimum Gasteiger partial charge on any atom is -0.464 e. The summed E-state index contributed by atoms with van der Waals surface area (Å²) in [5.74, 6) is 0.916. The highest BCUT2D eigenvalue weighted by Gasteiger charge is 2.37. The quantitative estimate of drug-likeness (QED) is 0.0629. The molecule has 0 aliphatic heterocycles. The first-order valence-electron chi connectivity index (χ1n) is 13.6. The Morgan fingerprint density at radius 2 is 0.929 bits per heavy atom. The van der Waals surface area contributed by atoms with Crippen LogP contribution in [-0.2, 0) is 45.5 Å². The second-order valence-electron chi connectivity index (χ2n) is 9.17. The van der Waals surface area contributed by atoms with Crippen LogP contribution in [0.15, 0.2) is 0 Å². The molecule has 0 N–H and O–H groups in total. The maximum absolute atomic E-state index is 5.91. The summed E-state index contributed by atoms with van der Waals surface area (Å²) in [6.07, 6.45) is 0.902. The average molecular weight is 713 g/mol. The van der Waals surface area contributed by atoms with Gasteiger partial charge in [-0.15, -0.1) is 0 Å². The number of rotatable bonds is 25. The van der Waals surface area contributed by atoms with Crippen molar-refractivity contribution >= 4 is 77.7 Å². The molecule has 0 fully saturated rings. The number of hydrogen-bond acceptors (Lipinski definition) is 14. The van der Waals surface area contributed by atoms with E-state index in [0.29, 0.717) is 73.5 Å². The lowest BCUT2D eigenvalue weighted by Gasteiger charge is -2.28. The van der Waals surface area contributed by atoms with Crippen molar-refractivity contribution in [2.45, 2.75) is 37.1 Å². The van der Waals surface area contributed by atoms with Crippen LogP contribution in [0.4, 0.5) is 0 Å². The fourth-order valence-corrected chi connectivity index (χ4v) is 7.71. The van der Waals surface area contributed by atoms with E-state index < -0.39 is 17.6 Å². The van der Waals surface area contributed by atoms with Crippen molar-refractivity contribution in [2.24, 2.45) is 0 Å². The van der Waals surface area contributed by atoms with E-state index >= 15 is 0 Å². The van der Waals surface area contributed by atoms with Crippen molar-refractivity contribution in [3.8, 4) is 0 Å². The van der Waals surface area contributed by atoms with E-state index in [0.717, 1.165) is 12.8 Å². The van der Waals surface area contributed by atoms with Crippen LogP contribution >= 0.6 is 49.7 Å².